The van der Waals surface area contributed by atoms with Gasteiger partial charge in [0.05, 0.1) is 0 Å². The number of cyclic esters (lactones) is 1. The van der Waals surface area contributed by atoms with Crippen LogP contribution in [0.1, 0.15) is 11.1 Å². The summed E-state index contributed by atoms with van der Waals surface area (Å²) in [6, 6.07) is 16.9. The van der Waals surface area contributed by atoms with Crippen LogP contribution in [-0.2, 0) is 9.53 Å². The zero-order valence-electron chi connectivity index (χ0n) is 11.6. The minimum Gasteiger partial charge on any atom is -0.403 e. The lowest BCUT2D eigenvalue weighted by Gasteiger charge is -1.94. The summed E-state index contributed by atoms with van der Waals surface area (Å²) in [4.78, 5) is 16.0. The number of nitrogens with zero attached hydrogens (tertiary/aromatic N) is 1. The maximum atomic E-state index is 11.8. The molecule has 0 saturated heterocycles. The Hall–Kier alpha value is -2.65. The number of halogens is 1. The first-order valence-corrected chi connectivity index (χ1v) is 7.10. The number of carbonyl (C=O) groups is 1. The van der Waals surface area contributed by atoms with Gasteiger partial charge >= 0.3 is 5.97 Å². The lowest BCUT2D eigenvalue weighted by Crippen LogP contribution is -2.01. The zero-order valence-corrected chi connectivity index (χ0v) is 12.3. The van der Waals surface area contributed by atoms with Gasteiger partial charge in [0.2, 0.25) is 5.90 Å². The molecule has 0 radical (unpaired) electrons. The Kier molecular flexibility index (Phi) is 4.17. The van der Waals surface area contributed by atoms with Crippen molar-refractivity contribution in [3.63, 3.8) is 0 Å². The van der Waals surface area contributed by atoms with Gasteiger partial charge in [-0.25, -0.2) is 9.79 Å². The van der Waals surface area contributed by atoms with Crippen molar-refractivity contribution in [2.75, 3.05) is 0 Å². The van der Waals surface area contributed by atoms with Gasteiger partial charge in [-0.15, -0.1) is 0 Å². The third kappa shape index (κ3) is 3.51. The van der Waals surface area contributed by atoms with Crippen molar-refractivity contribution in [2.24, 2.45) is 4.99 Å². The largest absolute Gasteiger partial charge is 0.403 e. The molecular formula is C18H12ClNO2. The molecule has 0 N–H and O–H groups in total. The molecule has 1 aliphatic rings. The number of hydrogen-bond acceptors (Lipinski definition) is 3. The van der Waals surface area contributed by atoms with Gasteiger partial charge in [0, 0.05) is 11.1 Å². The van der Waals surface area contributed by atoms with E-state index in [1.165, 1.54) is 0 Å². The van der Waals surface area contributed by atoms with Crippen molar-refractivity contribution < 1.29 is 9.53 Å². The molecule has 108 valence electrons. The summed E-state index contributed by atoms with van der Waals surface area (Å²) in [6.07, 6.45) is 5.19. The molecule has 2 aromatic rings. The van der Waals surface area contributed by atoms with Crippen LogP contribution in [0.3, 0.4) is 0 Å². The Morgan fingerprint density at radius 1 is 0.909 bits per heavy atom. The monoisotopic (exact) mass is 309 g/mol. The van der Waals surface area contributed by atoms with E-state index < -0.39 is 5.97 Å². The highest BCUT2D eigenvalue weighted by Crippen LogP contribution is 2.18. The van der Waals surface area contributed by atoms with Crippen LogP contribution in [0.5, 0.6) is 0 Å². The van der Waals surface area contributed by atoms with E-state index in [-0.39, 0.29) is 11.6 Å². The van der Waals surface area contributed by atoms with Gasteiger partial charge in [-0.05, 0) is 35.4 Å². The summed E-state index contributed by atoms with van der Waals surface area (Å²) in [7, 11) is 0. The van der Waals surface area contributed by atoms with E-state index in [9.17, 15) is 4.79 Å². The summed E-state index contributed by atoms with van der Waals surface area (Å²) in [5.74, 6) is -0.170. The van der Waals surface area contributed by atoms with E-state index in [0.29, 0.717) is 5.02 Å². The quantitative estimate of drug-likeness (QED) is 0.624. The van der Waals surface area contributed by atoms with Crippen molar-refractivity contribution in [3.05, 3.63) is 82.5 Å². The predicted molar refractivity (Wildman–Crippen MR) is 88.4 cm³/mol. The van der Waals surface area contributed by atoms with Gasteiger partial charge in [-0.1, -0.05) is 54.1 Å². The van der Waals surface area contributed by atoms with Crippen molar-refractivity contribution in [1.82, 2.24) is 0 Å². The molecule has 1 heterocycles. The van der Waals surface area contributed by atoms with Crippen LogP contribution in [0.15, 0.2) is 71.4 Å². The number of hydrogen-bond donors (Lipinski definition) is 0. The van der Waals surface area contributed by atoms with Gasteiger partial charge in [0.25, 0.3) is 0 Å². The number of benzene rings is 2. The highest BCUT2D eigenvalue weighted by atomic mass is 35.5. The molecule has 1 aliphatic heterocycles. The fraction of sp³-hybridized carbons (Fsp3) is 0. The summed E-state index contributed by atoms with van der Waals surface area (Å²) in [6.45, 7) is 0. The third-order valence-corrected chi connectivity index (χ3v) is 3.28. The van der Waals surface area contributed by atoms with E-state index in [0.717, 1.165) is 11.1 Å². The fourth-order valence-electron chi connectivity index (χ4n) is 1.95. The van der Waals surface area contributed by atoms with Crippen LogP contribution in [0.2, 0.25) is 5.02 Å². The Morgan fingerprint density at radius 2 is 1.64 bits per heavy atom. The average molecular weight is 310 g/mol. The molecular weight excluding hydrogens is 298 g/mol. The maximum absolute atomic E-state index is 11.8. The van der Waals surface area contributed by atoms with Gasteiger partial charge < -0.3 is 4.74 Å². The molecule has 22 heavy (non-hydrogen) atoms. The third-order valence-electron chi connectivity index (χ3n) is 3.03. The highest BCUT2D eigenvalue weighted by molar-refractivity contribution is 6.30. The van der Waals surface area contributed by atoms with Crippen LogP contribution in [0.25, 0.3) is 12.2 Å². The Balaban J connectivity index is 1.79. The van der Waals surface area contributed by atoms with Gasteiger partial charge in [-0.2, -0.15) is 0 Å². The summed E-state index contributed by atoms with van der Waals surface area (Å²) < 4.78 is 5.12. The van der Waals surface area contributed by atoms with E-state index in [4.69, 9.17) is 16.3 Å². The number of carbonyl (C=O) groups excluding carboxylic acids is 1. The molecule has 4 heteroatoms. The second kappa shape index (κ2) is 6.41. The molecule has 0 atom stereocenters. The molecule has 0 bridgehead atoms. The number of esters is 1. The topological polar surface area (TPSA) is 38.7 Å². The number of rotatable bonds is 3. The molecule has 0 spiro atoms. The molecule has 0 unspecified atom stereocenters. The van der Waals surface area contributed by atoms with Crippen LogP contribution in [0, 0.1) is 0 Å². The smallest absolute Gasteiger partial charge is 0.363 e. The lowest BCUT2D eigenvalue weighted by molar-refractivity contribution is -0.129. The molecule has 3 nitrogen and oxygen atoms in total. The Morgan fingerprint density at radius 3 is 2.36 bits per heavy atom. The normalized spacial score (nSPS) is 16.1. The fourth-order valence-corrected chi connectivity index (χ4v) is 2.07. The van der Waals surface area contributed by atoms with E-state index >= 15 is 0 Å². The van der Waals surface area contributed by atoms with Gasteiger partial charge in [-0.3, -0.25) is 0 Å². The van der Waals surface area contributed by atoms with Crippen molar-refractivity contribution >= 4 is 35.6 Å². The Bertz CT molecular complexity index is 774. The molecule has 0 fully saturated rings. The van der Waals surface area contributed by atoms with E-state index in [1.807, 2.05) is 48.5 Å². The van der Waals surface area contributed by atoms with Crippen LogP contribution < -0.4 is 0 Å². The summed E-state index contributed by atoms with van der Waals surface area (Å²) in [5.41, 5.74) is 2.12. The molecule has 0 saturated carbocycles. The number of ether oxygens (including phenoxy) is 1. The first kappa shape index (κ1) is 14.3. The van der Waals surface area contributed by atoms with Gasteiger partial charge in [0.15, 0.2) is 5.70 Å². The first-order valence-electron chi connectivity index (χ1n) is 6.72. The second-order valence-electron chi connectivity index (χ2n) is 4.66. The minimum atomic E-state index is -0.456. The van der Waals surface area contributed by atoms with Crippen molar-refractivity contribution in [1.29, 1.82) is 0 Å². The number of aliphatic imine (C=N–C) groups is 1. The van der Waals surface area contributed by atoms with Crippen molar-refractivity contribution in [2.45, 2.75) is 0 Å². The van der Waals surface area contributed by atoms with E-state index in [1.54, 1.807) is 24.3 Å². The average Bonchev–Trinajstić information content (AvgIpc) is 2.89. The zero-order chi connectivity index (χ0) is 15.4. The maximum Gasteiger partial charge on any atom is 0.363 e. The second-order valence-corrected chi connectivity index (χ2v) is 5.10. The minimum absolute atomic E-state index is 0.273. The van der Waals surface area contributed by atoms with Gasteiger partial charge in [0.1, 0.15) is 0 Å². The molecule has 0 aromatic heterocycles. The highest BCUT2D eigenvalue weighted by Gasteiger charge is 2.20. The van der Waals surface area contributed by atoms with Crippen LogP contribution >= 0.6 is 11.6 Å². The standard InChI is InChI=1S/C18H12ClNO2/c19-15-9-6-14(7-10-15)12-16-18(21)22-17(20-16)11-8-13-4-2-1-3-5-13/h1-12H. The van der Waals surface area contributed by atoms with Crippen LogP contribution in [-0.4, -0.2) is 11.9 Å². The SMILES string of the molecule is O=C1OC(C=Cc2ccccc2)=NC1=Cc1ccc(Cl)cc1. The van der Waals surface area contributed by atoms with Crippen LogP contribution in [0.4, 0.5) is 0 Å². The van der Waals surface area contributed by atoms with E-state index in [2.05, 4.69) is 4.99 Å². The molecule has 3 rings (SSSR count). The first-order chi connectivity index (χ1) is 10.7. The predicted octanol–water partition coefficient (Wildman–Crippen LogP) is 4.35. The molecule has 0 aliphatic carbocycles. The summed E-state index contributed by atoms with van der Waals surface area (Å²) >= 11 is 5.83. The summed E-state index contributed by atoms with van der Waals surface area (Å²) in [5, 5.41) is 0.645. The van der Waals surface area contributed by atoms with Crippen molar-refractivity contribution in [3.8, 4) is 0 Å². The molecule has 0 amide bonds. The Labute approximate surface area is 133 Å². The molecule has 2 aromatic carbocycles. The lowest BCUT2D eigenvalue weighted by atomic mass is 10.2.